The summed E-state index contributed by atoms with van der Waals surface area (Å²) in [5, 5.41) is 7.54. The van der Waals surface area contributed by atoms with Gasteiger partial charge in [-0.05, 0) is 37.3 Å². The van der Waals surface area contributed by atoms with E-state index in [1.54, 1.807) is 12.5 Å². The molecule has 0 aliphatic heterocycles. The fourth-order valence-corrected chi connectivity index (χ4v) is 1.90. The standard InChI is InChI=1S/C14H15N5/c1-11-14(17-10-16-11)9-15-12-3-5-13(6-4-12)19-8-2-7-18-19/h2-8,10,15H,9H2,1H3,(H,16,17). The molecule has 19 heavy (non-hydrogen) atoms. The second kappa shape index (κ2) is 4.97. The molecule has 0 unspecified atom stereocenters. The SMILES string of the molecule is Cc1[nH]cnc1CNc1ccc(-n2cccn2)cc1. The quantitative estimate of drug-likeness (QED) is 0.751. The highest BCUT2D eigenvalue weighted by Crippen LogP contribution is 2.13. The van der Waals surface area contributed by atoms with Crippen LogP contribution in [0.25, 0.3) is 5.69 Å². The van der Waals surface area contributed by atoms with Crippen LogP contribution < -0.4 is 5.32 Å². The summed E-state index contributed by atoms with van der Waals surface area (Å²) in [6.07, 6.45) is 5.41. The molecule has 3 aromatic rings. The first kappa shape index (κ1) is 11.5. The zero-order valence-electron chi connectivity index (χ0n) is 10.7. The molecule has 96 valence electrons. The first-order chi connectivity index (χ1) is 9.33. The Morgan fingerprint density at radius 3 is 2.74 bits per heavy atom. The molecule has 0 radical (unpaired) electrons. The van der Waals surface area contributed by atoms with E-state index in [1.807, 2.05) is 48.1 Å². The molecule has 2 heterocycles. The van der Waals surface area contributed by atoms with Gasteiger partial charge in [0.25, 0.3) is 0 Å². The molecule has 0 fully saturated rings. The van der Waals surface area contributed by atoms with Crippen molar-refractivity contribution in [2.24, 2.45) is 0 Å². The van der Waals surface area contributed by atoms with Gasteiger partial charge in [-0.1, -0.05) is 0 Å². The highest BCUT2D eigenvalue weighted by Gasteiger charge is 2.01. The maximum absolute atomic E-state index is 4.26. The molecule has 0 spiro atoms. The Morgan fingerprint density at radius 1 is 1.26 bits per heavy atom. The second-order valence-corrected chi connectivity index (χ2v) is 4.33. The summed E-state index contributed by atoms with van der Waals surface area (Å²) in [6.45, 7) is 2.74. The van der Waals surface area contributed by atoms with Gasteiger partial charge in [-0.25, -0.2) is 9.67 Å². The normalized spacial score (nSPS) is 10.6. The number of rotatable bonds is 4. The molecule has 0 aliphatic carbocycles. The van der Waals surface area contributed by atoms with E-state index < -0.39 is 0 Å². The van der Waals surface area contributed by atoms with Crippen LogP contribution in [-0.2, 0) is 6.54 Å². The number of aryl methyl sites for hydroxylation is 1. The van der Waals surface area contributed by atoms with E-state index in [4.69, 9.17) is 0 Å². The number of imidazole rings is 1. The number of nitrogens with zero attached hydrogens (tertiary/aromatic N) is 3. The predicted molar refractivity (Wildman–Crippen MR) is 74.2 cm³/mol. The third kappa shape index (κ3) is 2.49. The zero-order valence-corrected chi connectivity index (χ0v) is 10.7. The van der Waals surface area contributed by atoms with Crippen molar-refractivity contribution in [3.05, 3.63) is 60.4 Å². The minimum absolute atomic E-state index is 0.719. The minimum atomic E-state index is 0.719. The van der Waals surface area contributed by atoms with Crippen LogP contribution in [0.4, 0.5) is 5.69 Å². The molecule has 0 saturated heterocycles. The van der Waals surface area contributed by atoms with Gasteiger partial charge < -0.3 is 10.3 Å². The number of aromatic amines is 1. The lowest BCUT2D eigenvalue weighted by molar-refractivity contribution is 0.880. The molecule has 0 aliphatic rings. The molecular formula is C14H15N5. The minimum Gasteiger partial charge on any atom is -0.379 e. The van der Waals surface area contributed by atoms with Crippen LogP contribution in [0.2, 0.25) is 0 Å². The van der Waals surface area contributed by atoms with Crippen molar-refractivity contribution in [3.63, 3.8) is 0 Å². The van der Waals surface area contributed by atoms with Crippen molar-refractivity contribution in [2.75, 3.05) is 5.32 Å². The number of nitrogens with one attached hydrogen (secondary N) is 2. The molecule has 2 N–H and O–H groups in total. The number of benzene rings is 1. The summed E-state index contributed by atoms with van der Waals surface area (Å²) in [7, 11) is 0. The number of H-pyrrole nitrogens is 1. The topological polar surface area (TPSA) is 58.5 Å². The molecule has 0 bridgehead atoms. The van der Waals surface area contributed by atoms with E-state index in [1.165, 1.54) is 0 Å². The maximum atomic E-state index is 4.26. The first-order valence-electron chi connectivity index (χ1n) is 6.16. The van der Waals surface area contributed by atoms with Crippen LogP contribution >= 0.6 is 0 Å². The molecule has 0 saturated carbocycles. The average molecular weight is 253 g/mol. The Labute approximate surface area is 111 Å². The van der Waals surface area contributed by atoms with Crippen molar-refractivity contribution < 1.29 is 0 Å². The van der Waals surface area contributed by atoms with E-state index in [-0.39, 0.29) is 0 Å². The van der Waals surface area contributed by atoms with Gasteiger partial charge in [0.1, 0.15) is 0 Å². The lowest BCUT2D eigenvalue weighted by atomic mass is 10.2. The Bertz CT molecular complexity index is 637. The van der Waals surface area contributed by atoms with E-state index in [2.05, 4.69) is 20.4 Å². The van der Waals surface area contributed by atoms with Gasteiger partial charge >= 0.3 is 0 Å². The Hall–Kier alpha value is -2.56. The van der Waals surface area contributed by atoms with Gasteiger partial charge in [-0.3, -0.25) is 0 Å². The summed E-state index contributed by atoms with van der Waals surface area (Å²) >= 11 is 0. The number of aromatic nitrogens is 4. The van der Waals surface area contributed by atoms with Gasteiger partial charge in [-0.15, -0.1) is 0 Å². The number of hydrogen-bond acceptors (Lipinski definition) is 3. The van der Waals surface area contributed by atoms with E-state index in [0.717, 1.165) is 29.3 Å². The van der Waals surface area contributed by atoms with Gasteiger partial charge in [0.2, 0.25) is 0 Å². The zero-order chi connectivity index (χ0) is 13.1. The van der Waals surface area contributed by atoms with Crippen molar-refractivity contribution in [3.8, 4) is 5.69 Å². The highest BCUT2D eigenvalue weighted by atomic mass is 15.3. The van der Waals surface area contributed by atoms with Crippen LogP contribution in [0, 0.1) is 6.92 Å². The summed E-state index contributed by atoms with van der Waals surface area (Å²) in [4.78, 5) is 7.33. The monoisotopic (exact) mass is 253 g/mol. The molecule has 3 rings (SSSR count). The highest BCUT2D eigenvalue weighted by molar-refractivity contribution is 5.48. The molecule has 2 aromatic heterocycles. The summed E-state index contributed by atoms with van der Waals surface area (Å²) in [6, 6.07) is 10.1. The Balaban J connectivity index is 1.68. The third-order valence-electron chi connectivity index (χ3n) is 3.03. The average Bonchev–Trinajstić information content (AvgIpc) is 3.09. The van der Waals surface area contributed by atoms with Crippen molar-refractivity contribution in [1.29, 1.82) is 0 Å². The summed E-state index contributed by atoms with van der Waals surface area (Å²) in [5.74, 6) is 0. The van der Waals surface area contributed by atoms with Crippen molar-refractivity contribution >= 4 is 5.69 Å². The lowest BCUT2D eigenvalue weighted by Crippen LogP contribution is -2.01. The number of hydrogen-bond donors (Lipinski definition) is 2. The van der Waals surface area contributed by atoms with Crippen LogP contribution in [0.3, 0.4) is 0 Å². The Kier molecular flexibility index (Phi) is 3.02. The fraction of sp³-hybridized carbons (Fsp3) is 0.143. The van der Waals surface area contributed by atoms with Gasteiger partial charge in [0.15, 0.2) is 0 Å². The van der Waals surface area contributed by atoms with Crippen LogP contribution in [-0.4, -0.2) is 19.7 Å². The fourth-order valence-electron chi connectivity index (χ4n) is 1.90. The van der Waals surface area contributed by atoms with Gasteiger partial charge in [0, 0.05) is 23.8 Å². The molecule has 5 nitrogen and oxygen atoms in total. The molecule has 5 heteroatoms. The number of anilines is 1. The predicted octanol–water partition coefficient (Wildman–Crippen LogP) is 2.52. The first-order valence-corrected chi connectivity index (χ1v) is 6.16. The van der Waals surface area contributed by atoms with E-state index in [0.29, 0.717) is 0 Å². The second-order valence-electron chi connectivity index (χ2n) is 4.33. The third-order valence-corrected chi connectivity index (χ3v) is 3.03. The van der Waals surface area contributed by atoms with Crippen molar-refractivity contribution in [1.82, 2.24) is 19.7 Å². The largest absolute Gasteiger partial charge is 0.379 e. The molecule has 0 amide bonds. The van der Waals surface area contributed by atoms with E-state index >= 15 is 0 Å². The van der Waals surface area contributed by atoms with Crippen LogP contribution in [0.5, 0.6) is 0 Å². The van der Waals surface area contributed by atoms with Gasteiger partial charge in [0.05, 0.1) is 24.3 Å². The molecular weight excluding hydrogens is 238 g/mol. The Morgan fingerprint density at radius 2 is 2.11 bits per heavy atom. The lowest BCUT2D eigenvalue weighted by Gasteiger charge is -2.07. The summed E-state index contributed by atoms with van der Waals surface area (Å²) < 4.78 is 1.83. The van der Waals surface area contributed by atoms with Crippen molar-refractivity contribution in [2.45, 2.75) is 13.5 Å². The maximum Gasteiger partial charge on any atom is 0.0925 e. The molecule has 1 aromatic carbocycles. The van der Waals surface area contributed by atoms with Gasteiger partial charge in [-0.2, -0.15) is 5.10 Å². The summed E-state index contributed by atoms with van der Waals surface area (Å²) in [5.41, 5.74) is 4.25. The molecule has 0 atom stereocenters. The van der Waals surface area contributed by atoms with Crippen LogP contribution in [0.15, 0.2) is 49.1 Å². The smallest absolute Gasteiger partial charge is 0.0925 e. The van der Waals surface area contributed by atoms with E-state index in [9.17, 15) is 0 Å². The van der Waals surface area contributed by atoms with Crippen LogP contribution in [0.1, 0.15) is 11.4 Å².